The molecule has 1 unspecified atom stereocenters. The lowest BCUT2D eigenvalue weighted by Gasteiger charge is -2.28. The van der Waals surface area contributed by atoms with Gasteiger partial charge in [0.2, 0.25) is 0 Å². The lowest BCUT2D eigenvalue weighted by Crippen LogP contribution is -2.39. The highest BCUT2D eigenvalue weighted by atomic mass is 16.5. The first-order valence-corrected chi connectivity index (χ1v) is 4.21. The lowest BCUT2D eigenvalue weighted by molar-refractivity contribution is 0.184. The molecule has 0 heterocycles. The Kier molecular flexibility index (Phi) is 4.69. The van der Waals surface area contributed by atoms with Gasteiger partial charge in [-0.2, -0.15) is 0 Å². The van der Waals surface area contributed by atoms with Crippen LogP contribution in [0, 0.1) is 5.41 Å². The molecule has 2 heteroatoms. The number of hydrogen-bond acceptors (Lipinski definition) is 2. The largest absolute Gasteiger partial charge is 0.383 e. The number of rotatable bonds is 4. The van der Waals surface area contributed by atoms with Crippen molar-refractivity contribution in [2.45, 2.75) is 33.7 Å². The Bertz CT molecular complexity index is 96.2. The molecule has 0 spiro atoms. The van der Waals surface area contributed by atoms with E-state index >= 15 is 0 Å². The Morgan fingerprint density at radius 1 is 1.36 bits per heavy atom. The van der Waals surface area contributed by atoms with Crippen molar-refractivity contribution in [1.29, 1.82) is 0 Å². The van der Waals surface area contributed by atoms with E-state index in [-0.39, 0.29) is 0 Å². The minimum Gasteiger partial charge on any atom is -0.383 e. The molecule has 2 nitrogen and oxygen atoms in total. The van der Waals surface area contributed by atoms with E-state index in [9.17, 15) is 0 Å². The summed E-state index contributed by atoms with van der Waals surface area (Å²) in [5, 5.41) is 3.40. The van der Waals surface area contributed by atoms with Gasteiger partial charge in [0.25, 0.3) is 0 Å². The predicted octanol–water partition coefficient (Wildman–Crippen LogP) is 1.66. The van der Waals surface area contributed by atoms with Gasteiger partial charge >= 0.3 is 0 Å². The second-order valence-corrected chi connectivity index (χ2v) is 4.03. The van der Waals surface area contributed by atoms with Crippen LogP contribution in [0.5, 0.6) is 0 Å². The van der Waals surface area contributed by atoms with Crippen molar-refractivity contribution in [3.8, 4) is 0 Å². The lowest BCUT2D eigenvalue weighted by atomic mass is 9.88. The minimum absolute atomic E-state index is 0.341. The number of nitrogens with one attached hydrogen (secondary N) is 1. The summed E-state index contributed by atoms with van der Waals surface area (Å²) >= 11 is 0. The number of ether oxygens (including phenoxy) is 1. The summed E-state index contributed by atoms with van der Waals surface area (Å²) in [6, 6.07) is 0.539. The molecule has 68 valence electrons. The molecule has 0 aromatic heterocycles. The molecule has 0 saturated heterocycles. The van der Waals surface area contributed by atoms with Crippen LogP contribution >= 0.6 is 0 Å². The van der Waals surface area contributed by atoms with Crippen LogP contribution in [0.15, 0.2) is 0 Å². The third-order valence-electron chi connectivity index (χ3n) is 2.06. The maximum absolute atomic E-state index is 4.94. The zero-order valence-electron chi connectivity index (χ0n) is 8.40. The maximum atomic E-state index is 4.94. The second-order valence-electron chi connectivity index (χ2n) is 4.03. The van der Waals surface area contributed by atoms with Crippen molar-refractivity contribution in [2.75, 3.05) is 20.3 Å². The Balaban J connectivity index is 3.44. The van der Waals surface area contributed by atoms with Crippen LogP contribution in [0.4, 0.5) is 0 Å². The van der Waals surface area contributed by atoms with Gasteiger partial charge in [-0.3, -0.25) is 0 Å². The molecule has 0 saturated carbocycles. The zero-order valence-corrected chi connectivity index (χ0v) is 8.40. The third kappa shape index (κ3) is 5.22. The molecule has 11 heavy (non-hydrogen) atoms. The van der Waals surface area contributed by atoms with Crippen LogP contribution in [0.1, 0.15) is 27.7 Å². The SMILES string of the molecule is COCCNC(C)C(C)(C)C. The van der Waals surface area contributed by atoms with E-state index in [1.807, 2.05) is 0 Å². The number of methoxy groups -OCH3 is 1. The van der Waals surface area contributed by atoms with E-state index in [1.165, 1.54) is 0 Å². The highest BCUT2D eigenvalue weighted by Crippen LogP contribution is 2.17. The van der Waals surface area contributed by atoms with Gasteiger partial charge in [-0.05, 0) is 12.3 Å². The van der Waals surface area contributed by atoms with Crippen LogP contribution < -0.4 is 5.32 Å². The highest BCUT2D eigenvalue weighted by Gasteiger charge is 2.18. The van der Waals surface area contributed by atoms with Crippen molar-refractivity contribution in [3.05, 3.63) is 0 Å². The topological polar surface area (TPSA) is 21.3 Å². The van der Waals surface area contributed by atoms with Crippen LogP contribution in [0.3, 0.4) is 0 Å². The average molecular weight is 159 g/mol. The van der Waals surface area contributed by atoms with Gasteiger partial charge in [0.1, 0.15) is 0 Å². The molecular formula is C9H21NO. The summed E-state index contributed by atoms with van der Waals surface area (Å²) < 4.78 is 4.94. The van der Waals surface area contributed by atoms with Gasteiger partial charge in [-0.15, -0.1) is 0 Å². The van der Waals surface area contributed by atoms with Crippen molar-refractivity contribution in [3.63, 3.8) is 0 Å². The molecule has 1 N–H and O–H groups in total. The molecule has 0 aliphatic heterocycles. The second kappa shape index (κ2) is 4.73. The number of hydrogen-bond donors (Lipinski definition) is 1. The molecule has 0 aliphatic rings. The Hall–Kier alpha value is -0.0800. The normalized spacial score (nSPS) is 15.0. The van der Waals surface area contributed by atoms with Crippen molar-refractivity contribution >= 4 is 0 Å². The smallest absolute Gasteiger partial charge is 0.0587 e. The minimum atomic E-state index is 0.341. The Morgan fingerprint density at radius 2 is 1.91 bits per heavy atom. The van der Waals surface area contributed by atoms with Gasteiger partial charge in [-0.1, -0.05) is 20.8 Å². The molecule has 0 radical (unpaired) electrons. The van der Waals surface area contributed by atoms with Crippen LogP contribution in [0.2, 0.25) is 0 Å². The van der Waals surface area contributed by atoms with E-state index in [1.54, 1.807) is 7.11 Å². The van der Waals surface area contributed by atoms with E-state index in [0.29, 0.717) is 11.5 Å². The van der Waals surface area contributed by atoms with Crippen molar-refractivity contribution < 1.29 is 4.74 Å². The fraction of sp³-hybridized carbons (Fsp3) is 1.00. The summed E-state index contributed by atoms with van der Waals surface area (Å²) in [6.07, 6.45) is 0. The van der Waals surface area contributed by atoms with Gasteiger partial charge in [0, 0.05) is 19.7 Å². The highest BCUT2D eigenvalue weighted by molar-refractivity contribution is 4.75. The molecular weight excluding hydrogens is 138 g/mol. The first kappa shape index (κ1) is 10.9. The van der Waals surface area contributed by atoms with E-state index in [2.05, 4.69) is 33.0 Å². The summed E-state index contributed by atoms with van der Waals surface area (Å²) in [5.74, 6) is 0. The van der Waals surface area contributed by atoms with Gasteiger partial charge < -0.3 is 10.1 Å². The van der Waals surface area contributed by atoms with E-state index in [4.69, 9.17) is 4.74 Å². The van der Waals surface area contributed by atoms with Crippen LogP contribution in [0.25, 0.3) is 0 Å². The monoisotopic (exact) mass is 159 g/mol. The first-order chi connectivity index (χ1) is 4.98. The van der Waals surface area contributed by atoms with Crippen molar-refractivity contribution in [2.24, 2.45) is 5.41 Å². The Morgan fingerprint density at radius 3 is 2.27 bits per heavy atom. The molecule has 0 bridgehead atoms. The molecule has 0 rings (SSSR count). The van der Waals surface area contributed by atoms with Crippen molar-refractivity contribution in [1.82, 2.24) is 5.32 Å². The fourth-order valence-electron chi connectivity index (χ4n) is 0.684. The summed E-state index contributed by atoms with van der Waals surface area (Å²) in [5.41, 5.74) is 0.341. The van der Waals surface area contributed by atoms with E-state index in [0.717, 1.165) is 13.2 Å². The first-order valence-electron chi connectivity index (χ1n) is 4.21. The zero-order chi connectivity index (χ0) is 8.91. The van der Waals surface area contributed by atoms with Gasteiger partial charge in [0.05, 0.1) is 6.61 Å². The molecule has 0 aromatic rings. The molecule has 0 fully saturated rings. The maximum Gasteiger partial charge on any atom is 0.0587 e. The Labute approximate surface area is 70.3 Å². The third-order valence-corrected chi connectivity index (χ3v) is 2.06. The summed E-state index contributed by atoms with van der Waals surface area (Å²) in [7, 11) is 1.73. The fourth-order valence-corrected chi connectivity index (χ4v) is 0.684. The molecule has 0 amide bonds. The quantitative estimate of drug-likeness (QED) is 0.630. The van der Waals surface area contributed by atoms with Gasteiger partial charge in [0.15, 0.2) is 0 Å². The van der Waals surface area contributed by atoms with Gasteiger partial charge in [-0.25, -0.2) is 0 Å². The molecule has 0 aliphatic carbocycles. The molecule has 1 atom stereocenters. The van der Waals surface area contributed by atoms with E-state index < -0.39 is 0 Å². The standard InChI is InChI=1S/C9H21NO/c1-8(9(2,3)4)10-6-7-11-5/h8,10H,6-7H2,1-5H3. The average Bonchev–Trinajstić information content (AvgIpc) is 1.86. The predicted molar refractivity (Wildman–Crippen MR) is 48.8 cm³/mol. The van der Waals surface area contributed by atoms with Crippen LogP contribution in [-0.4, -0.2) is 26.3 Å². The summed E-state index contributed by atoms with van der Waals surface area (Å²) in [6.45, 7) is 10.6. The summed E-state index contributed by atoms with van der Waals surface area (Å²) in [4.78, 5) is 0. The molecule has 0 aromatic carbocycles. The van der Waals surface area contributed by atoms with Crippen LogP contribution in [-0.2, 0) is 4.74 Å².